The van der Waals surface area contributed by atoms with Crippen LogP contribution in [0.2, 0.25) is 0 Å². The van der Waals surface area contributed by atoms with Gasteiger partial charge in [-0.3, -0.25) is 9.59 Å². The van der Waals surface area contributed by atoms with Crippen LogP contribution in [0.4, 0.5) is 0 Å². The van der Waals surface area contributed by atoms with E-state index in [4.69, 9.17) is 14.2 Å². The zero-order chi connectivity index (χ0) is 23.3. The summed E-state index contributed by atoms with van der Waals surface area (Å²) in [7, 11) is 4.61. The van der Waals surface area contributed by atoms with Gasteiger partial charge in [0, 0.05) is 23.7 Å². The van der Waals surface area contributed by atoms with Crippen molar-refractivity contribution in [2.24, 2.45) is 0 Å². The first-order valence-corrected chi connectivity index (χ1v) is 10.2. The lowest BCUT2D eigenvalue weighted by Crippen LogP contribution is -2.25. The second-order valence-corrected chi connectivity index (χ2v) is 7.48. The lowest BCUT2D eigenvalue weighted by molar-refractivity contribution is -0.116. The van der Waals surface area contributed by atoms with Gasteiger partial charge in [0.05, 0.1) is 21.3 Å². The van der Waals surface area contributed by atoms with Crippen LogP contribution in [-0.4, -0.2) is 38.8 Å². The topological polar surface area (TPSA) is 89.7 Å². The van der Waals surface area contributed by atoms with Crippen LogP contribution in [0.15, 0.2) is 41.2 Å². The Labute approximate surface area is 187 Å². The van der Waals surface area contributed by atoms with Crippen molar-refractivity contribution in [2.45, 2.75) is 20.3 Å². The van der Waals surface area contributed by atoms with Crippen molar-refractivity contribution in [1.82, 2.24) is 10.3 Å². The van der Waals surface area contributed by atoms with Gasteiger partial charge in [0.1, 0.15) is 0 Å². The number of aromatic nitrogens is 1. The number of rotatable bonds is 8. The number of carbonyl (C=O) groups is 1. The number of benzene rings is 2. The van der Waals surface area contributed by atoms with Crippen molar-refractivity contribution < 1.29 is 19.0 Å². The van der Waals surface area contributed by atoms with Gasteiger partial charge in [-0.15, -0.1) is 0 Å². The Morgan fingerprint density at radius 3 is 2.25 bits per heavy atom. The molecule has 0 bridgehead atoms. The summed E-state index contributed by atoms with van der Waals surface area (Å²) >= 11 is 0. The number of carbonyl (C=O) groups excluding carboxylic acids is 1. The third kappa shape index (κ3) is 5.11. The van der Waals surface area contributed by atoms with Crippen LogP contribution in [-0.2, 0) is 11.2 Å². The van der Waals surface area contributed by atoms with Crippen molar-refractivity contribution in [3.8, 4) is 17.2 Å². The minimum atomic E-state index is -0.262. The molecule has 0 spiro atoms. The SMILES string of the molecule is COc1cc(/C=C/C(=O)NCCc2cc3cc(C)c(C)cc3[nH]c2=O)cc(OC)c1OC. The maximum atomic E-state index is 12.4. The highest BCUT2D eigenvalue weighted by molar-refractivity contribution is 5.92. The fraction of sp³-hybridized carbons (Fsp3) is 0.280. The predicted molar refractivity (Wildman–Crippen MR) is 126 cm³/mol. The van der Waals surface area contributed by atoms with Gasteiger partial charge in [0.25, 0.3) is 5.56 Å². The number of H-pyrrole nitrogens is 1. The van der Waals surface area contributed by atoms with Crippen molar-refractivity contribution in [3.63, 3.8) is 0 Å². The van der Waals surface area contributed by atoms with Gasteiger partial charge in [-0.25, -0.2) is 0 Å². The summed E-state index contributed by atoms with van der Waals surface area (Å²) in [5, 5.41) is 3.79. The number of pyridine rings is 1. The molecule has 0 aliphatic carbocycles. The number of hydrogen-bond donors (Lipinski definition) is 2. The van der Waals surface area contributed by atoms with E-state index in [0.29, 0.717) is 35.8 Å². The van der Waals surface area contributed by atoms with Crippen LogP contribution in [0.1, 0.15) is 22.3 Å². The Bertz CT molecular complexity index is 1200. The predicted octanol–water partition coefficient (Wildman–Crippen LogP) is 3.54. The minimum Gasteiger partial charge on any atom is -0.493 e. The first kappa shape index (κ1) is 22.9. The van der Waals surface area contributed by atoms with Gasteiger partial charge in [-0.2, -0.15) is 0 Å². The molecule has 0 aliphatic rings. The van der Waals surface area contributed by atoms with E-state index in [2.05, 4.69) is 16.4 Å². The lowest BCUT2D eigenvalue weighted by atomic mass is 10.0. The highest BCUT2D eigenvalue weighted by Gasteiger charge is 2.12. The Hall–Kier alpha value is -3.74. The summed E-state index contributed by atoms with van der Waals surface area (Å²) in [5.41, 5.74) is 4.34. The van der Waals surface area contributed by atoms with Crippen molar-refractivity contribution >= 4 is 22.9 Å². The number of fused-ring (bicyclic) bond motifs is 1. The molecule has 0 unspecified atom stereocenters. The zero-order valence-electron chi connectivity index (χ0n) is 19.0. The second-order valence-electron chi connectivity index (χ2n) is 7.48. The number of aryl methyl sites for hydroxylation is 2. The Morgan fingerprint density at radius 2 is 1.62 bits per heavy atom. The average Bonchev–Trinajstić information content (AvgIpc) is 2.78. The van der Waals surface area contributed by atoms with Crippen molar-refractivity contribution in [3.05, 3.63) is 69.0 Å². The van der Waals surface area contributed by atoms with E-state index < -0.39 is 0 Å². The second kappa shape index (κ2) is 10.0. The molecule has 32 heavy (non-hydrogen) atoms. The van der Waals surface area contributed by atoms with Gasteiger partial charge in [-0.05, 0) is 78.8 Å². The third-order valence-electron chi connectivity index (χ3n) is 5.34. The van der Waals surface area contributed by atoms with Crippen LogP contribution in [0.3, 0.4) is 0 Å². The van der Waals surface area contributed by atoms with E-state index in [1.807, 2.05) is 26.0 Å². The van der Waals surface area contributed by atoms with Crippen LogP contribution in [0.25, 0.3) is 17.0 Å². The van der Waals surface area contributed by atoms with Crippen molar-refractivity contribution in [1.29, 1.82) is 0 Å². The molecular weight excluding hydrogens is 408 g/mol. The quantitative estimate of drug-likeness (QED) is 0.527. The van der Waals surface area contributed by atoms with Gasteiger partial charge < -0.3 is 24.5 Å². The fourth-order valence-electron chi connectivity index (χ4n) is 3.46. The van der Waals surface area contributed by atoms with Crippen LogP contribution in [0.5, 0.6) is 17.2 Å². The summed E-state index contributed by atoms with van der Waals surface area (Å²) in [6.45, 7) is 4.40. The average molecular weight is 437 g/mol. The molecule has 0 saturated heterocycles. The van der Waals surface area contributed by atoms with E-state index in [-0.39, 0.29) is 11.5 Å². The van der Waals surface area contributed by atoms with Gasteiger partial charge in [0.15, 0.2) is 11.5 Å². The molecule has 0 radical (unpaired) electrons. The Kier molecular flexibility index (Phi) is 7.20. The highest BCUT2D eigenvalue weighted by Crippen LogP contribution is 2.38. The van der Waals surface area contributed by atoms with Crippen LogP contribution >= 0.6 is 0 Å². The summed E-state index contributed by atoms with van der Waals surface area (Å²) in [5.74, 6) is 1.24. The van der Waals surface area contributed by atoms with Crippen molar-refractivity contribution in [2.75, 3.05) is 27.9 Å². The normalized spacial score (nSPS) is 11.0. The zero-order valence-corrected chi connectivity index (χ0v) is 19.0. The van der Waals surface area contributed by atoms with Gasteiger partial charge in [0.2, 0.25) is 11.7 Å². The lowest BCUT2D eigenvalue weighted by Gasteiger charge is -2.12. The first-order chi connectivity index (χ1) is 15.4. The molecule has 0 atom stereocenters. The number of aromatic amines is 1. The molecule has 1 aromatic heterocycles. The number of methoxy groups -OCH3 is 3. The van der Waals surface area contributed by atoms with E-state index in [1.54, 1.807) is 18.2 Å². The molecule has 0 aliphatic heterocycles. The molecule has 1 heterocycles. The maximum Gasteiger partial charge on any atom is 0.251 e. The molecule has 2 aromatic carbocycles. The third-order valence-corrected chi connectivity index (χ3v) is 5.34. The number of hydrogen-bond acceptors (Lipinski definition) is 5. The largest absolute Gasteiger partial charge is 0.493 e. The van der Waals surface area contributed by atoms with E-state index in [0.717, 1.165) is 22.0 Å². The smallest absolute Gasteiger partial charge is 0.251 e. The highest BCUT2D eigenvalue weighted by atomic mass is 16.5. The molecule has 7 heteroatoms. The molecule has 7 nitrogen and oxygen atoms in total. The Morgan fingerprint density at radius 1 is 0.969 bits per heavy atom. The summed E-state index contributed by atoms with van der Waals surface area (Å²) < 4.78 is 15.9. The standard InChI is InChI=1S/C25H28N2O5/c1-15-10-19-14-18(25(29)27-20(19)11-16(15)2)8-9-26-23(28)7-6-17-12-21(30-3)24(32-5)22(13-17)31-4/h6-7,10-14H,8-9H2,1-5H3,(H,26,28)(H,27,29)/b7-6+. The fourth-order valence-corrected chi connectivity index (χ4v) is 3.46. The maximum absolute atomic E-state index is 12.4. The molecule has 2 N–H and O–H groups in total. The summed E-state index contributed by atoms with van der Waals surface area (Å²) in [6, 6.07) is 9.43. The molecule has 1 amide bonds. The molecular formula is C25H28N2O5. The molecule has 3 rings (SSSR count). The van der Waals surface area contributed by atoms with Crippen LogP contribution in [0, 0.1) is 13.8 Å². The van der Waals surface area contributed by atoms with Gasteiger partial charge in [-0.1, -0.05) is 0 Å². The van der Waals surface area contributed by atoms with E-state index in [1.165, 1.54) is 33.0 Å². The number of ether oxygens (including phenoxy) is 3. The molecule has 0 fully saturated rings. The van der Waals surface area contributed by atoms with E-state index >= 15 is 0 Å². The van der Waals surface area contributed by atoms with Crippen LogP contribution < -0.4 is 25.1 Å². The monoisotopic (exact) mass is 436 g/mol. The summed E-state index contributed by atoms with van der Waals surface area (Å²) in [4.78, 5) is 27.5. The molecule has 3 aromatic rings. The molecule has 168 valence electrons. The number of nitrogens with one attached hydrogen (secondary N) is 2. The van der Waals surface area contributed by atoms with Gasteiger partial charge >= 0.3 is 0 Å². The van der Waals surface area contributed by atoms with E-state index in [9.17, 15) is 9.59 Å². The Balaban J connectivity index is 1.65. The minimum absolute atomic E-state index is 0.136. The summed E-state index contributed by atoms with van der Waals surface area (Å²) in [6.07, 6.45) is 3.52. The molecule has 0 saturated carbocycles. The number of amides is 1. The first-order valence-electron chi connectivity index (χ1n) is 10.2.